The summed E-state index contributed by atoms with van der Waals surface area (Å²) in [6, 6.07) is 0.292. The molecule has 0 saturated heterocycles. The monoisotopic (exact) mass is 222 g/mol. The lowest BCUT2D eigenvalue weighted by Crippen LogP contribution is -2.43. The van der Waals surface area contributed by atoms with E-state index in [1.165, 1.54) is 32.1 Å². The summed E-state index contributed by atoms with van der Waals surface area (Å²) >= 11 is 0. The van der Waals surface area contributed by atoms with E-state index >= 15 is 0 Å². The zero-order valence-electron chi connectivity index (χ0n) is 10.1. The molecule has 0 aromatic rings. The highest BCUT2D eigenvalue weighted by atomic mass is 16.1. The molecular formula is C13H22N2O. The van der Waals surface area contributed by atoms with E-state index < -0.39 is 0 Å². The fourth-order valence-electron chi connectivity index (χ4n) is 2.31. The first-order valence-electron chi connectivity index (χ1n) is 6.17. The summed E-state index contributed by atoms with van der Waals surface area (Å²) in [5, 5.41) is 5.93. The lowest BCUT2D eigenvalue weighted by molar-refractivity contribution is -0.121. The molecule has 0 aliphatic heterocycles. The Hall–Kier alpha value is -1.01. The van der Waals surface area contributed by atoms with Gasteiger partial charge in [-0.05, 0) is 25.7 Å². The van der Waals surface area contributed by atoms with E-state index in [1.54, 1.807) is 0 Å². The van der Waals surface area contributed by atoms with Crippen LogP contribution in [0.25, 0.3) is 0 Å². The molecule has 0 aromatic carbocycles. The average Bonchev–Trinajstić information content (AvgIpc) is 2.30. The summed E-state index contributed by atoms with van der Waals surface area (Å²) in [5.74, 6) is 3.16. The average molecular weight is 222 g/mol. The Balaban J connectivity index is 2.19. The number of hydrogen-bond donors (Lipinski definition) is 2. The summed E-state index contributed by atoms with van der Waals surface area (Å²) in [7, 11) is 0. The second-order valence-corrected chi connectivity index (χ2v) is 4.56. The fraction of sp³-hybridized carbons (Fsp3) is 0.769. The molecule has 1 aliphatic rings. The third-order valence-electron chi connectivity index (χ3n) is 3.26. The van der Waals surface area contributed by atoms with Gasteiger partial charge in [0.15, 0.2) is 0 Å². The van der Waals surface area contributed by atoms with Gasteiger partial charge >= 0.3 is 0 Å². The number of nitrogens with one attached hydrogen (secondary N) is 2. The van der Waals surface area contributed by atoms with Gasteiger partial charge in [-0.15, -0.1) is 6.42 Å². The molecule has 1 unspecified atom stereocenters. The van der Waals surface area contributed by atoms with Crippen LogP contribution in [0.4, 0.5) is 0 Å². The summed E-state index contributed by atoms with van der Waals surface area (Å²) in [4.78, 5) is 11.5. The highest BCUT2D eigenvalue weighted by Gasteiger charge is 2.20. The third kappa shape index (κ3) is 4.67. The zero-order chi connectivity index (χ0) is 11.8. The quantitative estimate of drug-likeness (QED) is 0.544. The highest BCUT2D eigenvalue weighted by Crippen LogP contribution is 2.26. The standard InChI is InChI=1S/C13H22N2O/c1-3-9-14-10-13(16)15-11(2)12-7-5-4-6-8-12/h1,11-12,14H,4-10H2,2H3,(H,15,16). The maximum absolute atomic E-state index is 11.5. The molecule has 1 amide bonds. The van der Waals surface area contributed by atoms with Crippen molar-refractivity contribution in [2.24, 2.45) is 5.92 Å². The fourth-order valence-corrected chi connectivity index (χ4v) is 2.31. The van der Waals surface area contributed by atoms with E-state index in [2.05, 4.69) is 23.5 Å². The lowest BCUT2D eigenvalue weighted by atomic mass is 9.84. The normalized spacial score (nSPS) is 18.8. The second kappa shape index (κ2) is 7.29. The number of rotatable bonds is 5. The summed E-state index contributed by atoms with van der Waals surface area (Å²) in [5.41, 5.74) is 0. The van der Waals surface area contributed by atoms with Crippen LogP contribution in [0.1, 0.15) is 39.0 Å². The highest BCUT2D eigenvalue weighted by molar-refractivity contribution is 5.78. The molecule has 3 nitrogen and oxygen atoms in total. The number of carbonyl (C=O) groups excluding carboxylic acids is 1. The van der Waals surface area contributed by atoms with Crippen LogP contribution in [0.3, 0.4) is 0 Å². The van der Waals surface area contributed by atoms with E-state index in [9.17, 15) is 4.79 Å². The topological polar surface area (TPSA) is 41.1 Å². The predicted molar refractivity (Wildman–Crippen MR) is 65.9 cm³/mol. The van der Waals surface area contributed by atoms with Gasteiger partial charge in [0.05, 0.1) is 13.1 Å². The molecule has 1 rings (SSSR count). The number of hydrogen-bond acceptors (Lipinski definition) is 2. The predicted octanol–water partition coefficient (Wildman–Crippen LogP) is 1.29. The molecular weight excluding hydrogens is 200 g/mol. The number of terminal acetylenes is 1. The second-order valence-electron chi connectivity index (χ2n) is 4.56. The Morgan fingerprint density at radius 1 is 1.44 bits per heavy atom. The minimum absolute atomic E-state index is 0.0494. The molecule has 1 fully saturated rings. The van der Waals surface area contributed by atoms with Crippen molar-refractivity contribution in [3.63, 3.8) is 0 Å². The van der Waals surface area contributed by atoms with Gasteiger partial charge in [-0.3, -0.25) is 10.1 Å². The first kappa shape index (κ1) is 13.1. The van der Waals surface area contributed by atoms with Gasteiger partial charge in [0.1, 0.15) is 0 Å². The van der Waals surface area contributed by atoms with Crippen LogP contribution in [0.5, 0.6) is 0 Å². The molecule has 3 heteroatoms. The van der Waals surface area contributed by atoms with Crippen molar-refractivity contribution in [2.75, 3.05) is 13.1 Å². The van der Waals surface area contributed by atoms with Gasteiger partial charge in [0.25, 0.3) is 0 Å². The number of carbonyl (C=O) groups is 1. The van der Waals surface area contributed by atoms with Crippen LogP contribution in [0, 0.1) is 18.3 Å². The van der Waals surface area contributed by atoms with Crippen molar-refractivity contribution in [1.82, 2.24) is 10.6 Å². The van der Waals surface area contributed by atoms with Crippen molar-refractivity contribution in [1.29, 1.82) is 0 Å². The molecule has 0 radical (unpaired) electrons. The number of amides is 1. The van der Waals surface area contributed by atoms with Gasteiger partial charge < -0.3 is 5.32 Å². The molecule has 1 aliphatic carbocycles. The van der Waals surface area contributed by atoms with Crippen molar-refractivity contribution in [3.8, 4) is 12.3 Å². The van der Waals surface area contributed by atoms with E-state index in [-0.39, 0.29) is 5.91 Å². The van der Waals surface area contributed by atoms with Crippen molar-refractivity contribution < 1.29 is 4.79 Å². The van der Waals surface area contributed by atoms with Crippen LogP contribution in [-0.4, -0.2) is 25.0 Å². The minimum Gasteiger partial charge on any atom is -0.352 e. The summed E-state index contributed by atoms with van der Waals surface area (Å²) in [6.07, 6.45) is 11.5. The van der Waals surface area contributed by atoms with E-state index in [1.807, 2.05) is 0 Å². The molecule has 0 heterocycles. The molecule has 0 aromatic heterocycles. The Kier molecular flexibility index (Phi) is 5.95. The molecule has 16 heavy (non-hydrogen) atoms. The van der Waals surface area contributed by atoms with Gasteiger partial charge in [0, 0.05) is 6.04 Å². The Morgan fingerprint density at radius 3 is 2.75 bits per heavy atom. The molecule has 1 atom stereocenters. The first-order chi connectivity index (χ1) is 7.74. The Labute approximate surface area is 98.4 Å². The molecule has 90 valence electrons. The van der Waals surface area contributed by atoms with Crippen LogP contribution in [0.2, 0.25) is 0 Å². The van der Waals surface area contributed by atoms with Crippen molar-refractivity contribution in [3.05, 3.63) is 0 Å². The van der Waals surface area contributed by atoms with Crippen molar-refractivity contribution in [2.45, 2.75) is 45.1 Å². The molecule has 1 saturated carbocycles. The van der Waals surface area contributed by atoms with Gasteiger partial charge in [-0.1, -0.05) is 25.2 Å². The van der Waals surface area contributed by atoms with Crippen LogP contribution in [0.15, 0.2) is 0 Å². The van der Waals surface area contributed by atoms with E-state index in [0.29, 0.717) is 25.0 Å². The third-order valence-corrected chi connectivity index (χ3v) is 3.26. The maximum atomic E-state index is 11.5. The summed E-state index contributed by atoms with van der Waals surface area (Å²) < 4.78 is 0. The zero-order valence-corrected chi connectivity index (χ0v) is 10.1. The maximum Gasteiger partial charge on any atom is 0.234 e. The largest absolute Gasteiger partial charge is 0.352 e. The van der Waals surface area contributed by atoms with Gasteiger partial charge in [-0.2, -0.15) is 0 Å². The Bertz CT molecular complexity index is 251. The molecule has 0 bridgehead atoms. The minimum atomic E-state index is 0.0494. The van der Waals surface area contributed by atoms with E-state index in [0.717, 1.165) is 0 Å². The van der Waals surface area contributed by atoms with E-state index in [4.69, 9.17) is 6.42 Å². The smallest absolute Gasteiger partial charge is 0.234 e. The van der Waals surface area contributed by atoms with Crippen LogP contribution in [-0.2, 0) is 4.79 Å². The lowest BCUT2D eigenvalue weighted by Gasteiger charge is -2.28. The van der Waals surface area contributed by atoms with Crippen molar-refractivity contribution >= 4 is 5.91 Å². The van der Waals surface area contributed by atoms with Crippen LogP contribution >= 0.6 is 0 Å². The SMILES string of the molecule is C#CCNCC(=O)NC(C)C1CCCCC1. The molecule has 0 spiro atoms. The Morgan fingerprint density at radius 2 is 2.12 bits per heavy atom. The first-order valence-corrected chi connectivity index (χ1v) is 6.17. The van der Waals surface area contributed by atoms with Gasteiger partial charge in [0.2, 0.25) is 5.91 Å². The summed E-state index contributed by atoms with van der Waals surface area (Å²) in [6.45, 7) is 2.88. The van der Waals surface area contributed by atoms with Crippen LogP contribution < -0.4 is 10.6 Å². The van der Waals surface area contributed by atoms with Gasteiger partial charge in [-0.25, -0.2) is 0 Å². The molecule has 2 N–H and O–H groups in total.